The number of carbonyl (C=O) groups is 2. The number of ether oxygens (including phenoxy) is 1. The molecule has 1 saturated heterocycles. The lowest BCUT2D eigenvalue weighted by atomic mass is 10.3. The average molecular weight is 338 g/mol. The molecule has 20 heavy (non-hydrogen) atoms. The first-order chi connectivity index (χ1) is 9.24. The molecule has 2 heterocycles. The Kier molecular flexibility index (Phi) is 4.08. The number of aryl methyl sites for hydroxylation is 1. The monoisotopic (exact) mass is 337 g/mol. The first kappa shape index (κ1) is 15.3. The minimum Gasteiger partial charge on any atom is -0.465 e. The minimum atomic E-state index is -3.81. The molecule has 0 saturated carbocycles. The van der Waals surface area contributed by atoms with Crippen LogP contribution in [0.15, 0.2) is 6.07 Å². The normalized spacial score (nSPS) is 19.4. The number of carbonyl (C=O) groups excluding carboxylic acids is 2. The molecule has 110 valence electrons. The van der Waals surface area contributed by atoms with E-state index in [1.54, 1.807) is 13.0 Å². The third kappa shape index (κ3) is 2.82. The van der Waals surface area contributed by atoms with Crippen LogP contribution in [0.2, 0.25) is 0 Å². The Hall–Kier alpha value is -1.12. The number of rotatable bonds is 3. The molecular weight excluding hydrogens is 326 g/mol. The number of nitrogens with zero attached hydrogens (tertiary/aromatic N) is 1. The molecular formula is C11H12ClNO5S2. The molecule has 0 aliphatic carbocycles. The summed E-state index contributed by atoms with van der Waals surface area (Å²) in [7, 11) is 2.73. The molecule has 1 aromatic heterocycles. The highest BCUT2D eigenvalue weighted by atomic mass is 35.7. The number of halogens is 1. The molecule has 0 aromatic carbocycles. The largest absolute Gasteiger partial charge is 0.465 e. The van der Waals surface area contributed by atoms with E-state index < -0.39 is 20.3 Å². The average Bonchev–Trinajstić information content (AvgIpc) is 2.90. The van der Waals surface area contributed by atoms with Gasteiger partial charge in [-0.2, -0.15) is 0 Å². The van der Waals surface area contributed by atoms with E-state index in [9.17, 15) is 18.0 Å². The van der Waals surface area contributed by atoms with Crippen LogP contribution < -0.4 is 4.90 Å². The molecule has 1 atom stereocenters. The van der Waals surface area contributed by atoms with Crippen molar-refractivity contribution in [3.8, 4) is 0 Å². The number of methoxy groups -OCH3 is 1. The zero-order valence-corrected chi connectivity index (χ0v) is 13.1. The summed E-state index contributed by atoms with van der Waals surface area (Å²) < 4.78 is 27.3. The molecule has 0 N–H and O–H groups in total. The summed E-state index contributed by atoms with van der Waals surface area (Å²) in [6, 6.07) is 1.61. The number of hydrogen-bond acceptors (Lipinski definition) is 6. The fourth-order valence-corrected chi connectivity index (χ4v) is 4.07. The van der Waals surface area contributed by atoms with Crippen LogP contribution in [-0.2, 0) is 18.6 Å². The highest BCUT2D eigenvalue weighted by Crippen LogP contribution is 2.36. The summed E-state index contributed by atoms with van der Waals surface area (Å²) in [6.07, 6.45) is -0.177. The van der Waals surface area contributed by atoms with Gasteiger partial charge < -0.3 is 9.64 Å². The molecule has 2 rings (SSSR count). The Bertz CT molecular complexity index is 666. The van der Waals surface area contributed by atoms with Gasteiger partial charge in [-0.05, 0) is 13.0 Å². The van der Waals surface area contributed by atoms with Gasteiger partial charge in [-0.25, -0.2) is 13.2 Å². The Morgan fingerprint density at radius 2 is 2.20 bits per heavy atom. The van der Waals surface area contributed by atoms with Gasteiger partial charge in [0.25, 0.3) is 0 Å². The highest BCUT2D eigenvalue weighted by Gasteiger charge is 2.40. The lowest BCUT2D eigenvalue weighted by molar-refractivity contribution is -0.117. The van der Waals surface area contributed by atoms with E-state index in [0.717, 1.165) is 4.88 Å². The van der Waals surface area contributed by atoms with Gasteiger partial charge >= 0.3 is 5.97 Å². The molecule has 0 radical (unpaired) electrons. The second-order valence-electron chi connectivity index (χ2n) is 4.37. The third-order valence-corrected chi connectivity index (χ3v) is 5.92. The van der Waals surface area contributed by atoms with Crippen molar-refractivity contribution in [3.63, 3.8) is 0 Å². The molecule has 0 bridgehead atoms. The summed E-state index contributed by atoms with van der Waals surface area (Å²) >= 11 is 1.24. The third-order valence-electron chi connectivity index (χ3n) is 2.97. The lowest BCUT2D eigenvalue weighted by Gasteiger charge is -2.15. The quantitative estimate of drug-likeness (QED) is 0.617. The summed E-state index contributed by atoms with van der Waals surface area (Å²) in [5, 5.41) is -0.549. The van der Waals surface area contributed by atoms with Crippen LogP contribution in [0, 0.1) is 6.92 Å². The van der Waals surface area contributed by atoms with Gasteiger partial charge in [-0.3, -0.25) is 4.79 Å². The smallest absolute Gasteiger partial charge is 0.340 e. The van der Waals surface area contributed by atoms with Gasteiger partial charge in [-0.15, -0.1) is 11.3 Å². The van der Waals surface area contributed by atoms with Crippen LogP contribution in [0.25, 0.3) is 0 Å². The fourth-order valence-electron chi connectivity index (χ4n) is 2.02. The maximum atomic E-state index is 12.0. The van der Waals surface area contributed by atoms with Gasteiger partial charge in [0.15, 0.2) is 0 Å². The van der Waals surface area contributed by atoms with Crippen LogP contribution in [0.4, 0.5) is 5.00 Å². The molecule has 1 aliphatic rings. The number of amides is 1. The standard InChI is InChI=1S/C11H12ClNO5S2/c1-6-3-8(11(15)18-2)10(19-6)13-5-7(4-9(13)14)20(12,16)17/h3,7H,4-5H2,1-2H3. The first-order valence-corrected chi connectivity index (χ1v) is 8.85. The van der Waals surface area contributed by atoms with E-state index >= 15 is 0 Å². The van der Waals surface area contributed by atoms with Crippen molar-refractivity contribution in [3.05, 3.63) is 16.5 Å². The number of esters is 1. The van der Waals surface area contributed by atoms with Crippen molar-refractivity contribution in [2.75, 3.05) is 18.6 Å². The predicted molar refractivity (Wildman–Crippen MR) is 75.9 cm³/mol. The van der Waals surface area contributed by atoms with E-state index in [0.29, 0.717) is 5.00 Å². The Morgan fingerprint density at radius 1 is 1.55 bits per heavy atom. The zero-order valence-electron chi connectivity index (χ0n) is 10.8. The van der Waals surface area contributed by atoms with Crippen molar-refractivity contribution in [2.45, 2.75) is 18.6 Å². The predicted octanol–water partition coefficient (Wildman–Crippen LogP) is 1.52. The van der Waals surface area contributed by atoms with E-state index in [1.165, 1.54) is 23.3 Å². The molecule has 1 fully saturated rings. The molecule has 1 amide bonds. The lowest BCUT2D eigenvalue weighted by Crippen LogP contribution is -2.27. The van der Waals surface area contributed by atoms with Crippen molar-refractivity contribution in [2.24, 2.45) is 0 Å². The minimum absolute atomic E-state index is 0.0470. The number of anilines is 1. The van der Waals surface area contributed by atoms with Gasteiger partial charge in [0.05, 0.1) is 12.7 Å². The van der Waals surface area contributed by atoms with Crippen LogP contribution in [0.1, 0.15) is 21.7 Å². The second-order valence-corrected chi connectivity index (χ2v) is 8.52. The van der Waals surface area contributed by atoms with E-state index in [2.05, 4.69) is 4.74 Å². The second kappa shape index (κ2) is 5.34. The van der Waals surface area contributed by atoms with Crippen molar-refractivity contribution in [1.82, 2.24) is 0 Å². The number of hydrogen-bond donors (Lipinski definition) is 0. The van der Waals surface area contributed by atoms with Crippen molar-refractivity contribution >= 4 is 47.9 Å². The van der Waals surface area contributed by atoms with Gasteiger partial charge in [-0.1, -0.05) is 0 Å². The number of thiophene rings is 1. The maximum absolute atomic E-state index is 12.0. The molecule has 1 aliphatic heterocycles. The summed E-state index contributed by atoms with van der Waals surface area (Å²) in [5.74, 6) is -0.930. The topological polar surface area (TPSA) is 80.8 Å². The van der Waals surface area contributed by atoms with E-state index in [4.69, 9.17) is 10.7 Å². The summed E-state index contributed by atoms with van der Waals surface area (Å²) in [5.41, 5.74) is 0.260. The van der Waals surface area contributed by atoms with Gasteiger partial charge in [0.1, 0.15) is 10.3 Å². The Morgan fingerprint density at radius 3 is 2.70 bits per heavy atom. The van der Waals surface area contributed by atoms with Crippen molar-refractivity contribution in [1.29, 1.82) is 0 Å². The van der Waals surface area contributed by atoms with Crippen LogP contribution in [-0.4, -0.2) is 39.2 Å². The maximum Gasteiger partial charge on any atom is 0.340 e. The van der Waals surface area contributed by atoms with Crippen LogP contribution in [0.5, 0.6) is 0 Å². The Labute approximate surface area is 124 Å². The van der Waals surface area contributed by atoms with Crippen LogP contribution >= 0.6 is 22.0 Å². The molecule has 1 unspecified atom stereocenters. The summed E-state index contributed by atoms with van der Waals surface area (Å²) in [6.45, 7) is 1.74. The summed E-state index contributed by atoms with van der Waals surface area (Å²) in [4.78, 5) is 25.8. The SMILES string of the molecule is COC(=O)c1cc(C)sc1N1CC(S(=O)(=O)Cl)CC1=O. The molecule has 6 nitrogen and oxygen atoms in total. The van der Waals surface area contributed by atoms with E-state index in [-0.39, 0.29) is 24.4 Å². The van der Waals surface area contributed by atoms with E-state index in [1.807, 2.05) is 0 Å². The first-order valence-electron chi connectivity index (χ1n) is 5.66. The van der Waals surface area contributed by atoms with Crippen LogP contribution in [0.3, 0.4) is 0 Å². The highest BCUT2D eigenvalue weighted by molar-refractivity contribution is 8.14. The van der Waals surface area contributed by atoms with Gasteiger partial charge in [0, 0.05) is 28.5 Å². The zero-order chi connectivity index (χ0) is 15.1. The molecule has 1 aromatic rings. The Balaban J connectivity index is 2.38. The van der Waals surface area contributed by atoms with Crippen molar-refractivity contribution < 1.29 is 22.7 Å². The van der Waals surface area contributed by atoms with Gasteiger partial charge in [0.2, 0.25) is 15.0 Å². The molecule has 0 spiro atoms. The fraction of sp³-hybridized carbons (Fsp3) is 0.455. The molecule has 9 heteroatoms.